The minimum atomic E-state index is 0. The molecule has 0 saturated carbocycles. The molecule has 1 aromatic rings. The van der Waals surface area contributed by atoms with Crippen molar-refractivity contribution < 1.29 is 0 Å². The highest BCUT2D eigenvalue weighted by molar-refractivity contribution is 14.0. The van der Waals surface area contributed by atoms with Crippen molar-refractivity contribution in [3.8, 4) is 0 Å². The molecule has 0 spiro atoms. The molecule has 6 heteroatoms. The van der Waals surface area contributed by atoms with Crippen LogP contribution < -0.4 is 11.1 Å². The largest absolute Gasteiger partial charge is 0.370 e. The van der Waals surface area contributed by atoms with E-state index in [-0.39, 0.29) is 24.0 Å². The van der Waals surface area contributed by atoms with Crippen molar-refractivity contribution in [2.24, 2.45) is 10.7 Å². The predicted molar refractivity (Wildman–Crippen MR) is 117 cm³/mol. The molecule has 1 aliphatic rings. The summed E-state index contributed by atoms with van der Waals surface area (Å²) in [5.41, 5.74) is 9.55. The van der Waals surface area contributed by atoms with Crippen molar-refractivity contribution in [2.75, 3.05) is 39.3 Å². The van der Waals surface area contributed by atoms with E-state index in [1.54, 1.807) is 0 Å². The summed E-state index contributed by atoms with van der Waals surface area (Å²) in [7, 11) is 0. The van der Waals surface area contributed by atoms with Gasteiger partial charge in [0.25, 0.3) is 0 Å². The van der Waals surface area contributed by atoms with Crippen LogP contribution in [0.5, 0.6) is 0 Å². The van der Waals surface area contributed by atoms with Crippen LogP contribution in [-0.2, 0) is 13.1 Å². The molecule has 5 nitrogen and oxygen atoms in total. The average Bonchev–Trinajstić information content (AvgIpc) is 2.60. The lowest BCUT2D eigenvalue weighted by atomic mass is 10.1. The molecule has 1 saturated heterocycles. The lowest BCUT2D eigenvalue weighted by Gasteiger charge is -2.34. The average molecular weight is 457 g/mol. The van der Waals surface area contributed by atoms with E-state index in [4.69, 9.17) is 5.73 Å². The Morgan fingerprint density at radius 1 is 1.16 bits per heavy atom. The number of guanidine groups is 1. The van der Waals surface area contributed by atoms with Gasteiger partial charge in [0.2, 0.25) is 0 Å². The molecule has 0 bridgehead atoms. The van der Waals surface area contributed by atoms with E-state index in [1.165, 1.54) is 11.1 Å². The number of rotatable bonds is 7. The topological polar surface area (TPSA) is 56.9 Å². The van der Waals surface area contributed by atoms with E-state index < -0.39 is 0 Å². The van der Waals surface area contributed by atoms with Gasteiger partial charge in [-0.2, -0.15) is 0 Å². The van der Waals surface area contributed by atoms with Crippen LogP contribution in [0.15, 0.2) is 41.4 Å². The highest BCUT2D eigenvalue weighted by Crippen LogP contribution is 2.14. The maximum atomic E-state index is 5.92. The first-order valence-electron chi connectivity index (χ1n) is 8.78. The van der Waals surface area contributed by atoms with E-state index in [0.29, 0.717) is 19.0 Å². The van der Waals surface area contributed by atoms with Crippen molar-refractivity contribution in [3.63, 3.8) is 0 Å². The summed E-state index contributed by atoms with van der Waals surface area (Å²) in [5.74, 6) is 0.476. The zero-order valence-corrected chi connectivity index (χ0v) is 17.8. The quantitative estimate of drug-likeness (QED) is 0.286. The Morgan fingerprint density at radius 3 is 2.36 bits per heavy atom. The zero-order chi connectivity index (χ0) is 17.4. The molecule has 140 valence electrons. The Hall–Kier alpha value is -1.12. The zero-order valence-electron chi connectivity index (χ0n) is 15.5. The molecule has 25 heavy (non-hydrogen) atoms. The van der Waals surface area contributed by atoms with Crippen LogP contribution in [0.2, 0.25) is 0 Å². The number of nitrogens with two attached hydrogens (primary N) is 1. The lowest BCUT2D eigenvalue weighted by molar-refractivity contribution is 0.131. The molecular weight excluding hydrogens is 425 g/mol. The molecule has 0 aliphatic carbocycles. The molecule has 1 heterocycles. The van der Waals surface area contributed by atoms with Crippen molar-refractivity contribution in [1.29, 1.82) is 0 Å². The summed E-state index contributed by atoms with van der Waals surface area (Å²) in [5, 5.41) is 3.08. The van der Waals surface area contributed by atoms with Crippen LogP contribution in [-0.4, -0.2) is 55.0 Å². The third kappa shape index (κ3) is 7.75. The van der Waals surface area contributed by atoms with Gasteiger partial charge in [-0.25, -0.2) is 4.99 Å². The molecule has 1 fully saturated rings. The second-order valence-corrected chi connectivity index (χ2v) is 6.49. The Kier molecular flexibility index (Phi) is 10.1. The summed E-state index contributed by atoms with van der Waals surface area (Å²) in [4.78, 5) is 9.49. The number of nitrogens with zero attached hydrogens (tertiary/aromatic N) is 3. The Labute approximate surface area is 169 Å². The monoisotopic (exact) mass is 457 g/mol. The molecule has 3 N–H and O–H groups in total. The smallest absolute Gasteiger partial charge is 0.189 e. The second kappa shape index (κ2) is 11.5. The van der Waals surface area contributed by atoms with Gasteiger partial charge in [0, 0.05) is 39.3 Å². The van der Waals surface area contributed by atoms with Crippen LogP contribution in [0.1, 0.15) is 25.0 Å². The summed E-state index contributed by atoms with van der Waals surface area (Å²) in [6.07, 6.45) is 0. The van der Waals surface area contributed by atoms with Gasteiger partial charge in [-0.15, -0.1) is 24.0 Å². The van der Waals surface area contributed by atoms with Gasteiger partial charge in [0.1, 0.15) is 0 Å². The number of benzene rings is 1. The summed E-state index contributed by atoms with van der Waals surface area (Å²) < 4.78 is 0. The normalized spacial score (nSPS) is 16.3. The molecule has 1 aliphatic heterocycles. The van der Waals surface area contributed by atoms with Gasteiger partial charge >= 0.3 is 0 Å². The fourth-order valence-electron chi connectivity index (χ4n) is 2.84. The molecule has 2 rings (SSSR count). The SMILES string of the molecule is C=C(C)CNC(N)=NCc1ccccc1CN1CCN(CC)CC1.I. The number of nitrogens with one attached hydrogen (secondary N) is 1. The Balaban J connectivity index is 0.00000312. The highest BCUT2D eigenvalue weighted by atomic mass is 127. The van der Waals surface area contributed by atoms with E-state index in [9.17, 15) is 0 Å². The van der Waals surface area contributed by atoms with Gasteiger partial charge in [-0.05, 0) is 24.6 Å². The first kappa shape index (κ1) is 21.9. The van der Waals surface area contributed by atoms with Gasteiger partial charge in [-0.1, -0.05) is 43.3 Å². The van der Waals surface area contributed by atoms with Gasteiger partial charge in [0.15, 0.2) is 5.96 Å². The minimum Gasteiger partial charge on any atom is -0.370 e. The van der Waals surface area contributed by atoms with Crippen LogP contribution in [0, 0.1) is 0 Å². The maximum absolute atomic E-state index is 5.92. The third-order valence-electron chi connectivity index (χ3n) is 4.42. The van der Waals surface area contributed by atoms with Gasteiger partial charge in [-0.3, -0.25) is 4.90 Å². The first-order chi connectivity index (χ1) is 11.6. The number of likely N-dealkylation sites (N-methyl/N-ethyl adjacent to an activating group) is 1. The summed E-state index contributed by atoms with van der Waals surface area (Å²) in [6, 6.07) is 8.52. The van der Waals surface area contributed by atoms with Crippen LogP contribution in [0.4, 0.5) is 0 Å². The third-order valence-corrected chi connectivity index (χ3v) is 4.42. The van der Waals surface area contributed by atoms with Crippen molar-refractivity contribution in [1.82, 2.24) is 15.1 Å². The molecule has 0 radical (unpaired) electrons. The van der Waals surface area contributed by atoms with E-state index in [2.05, 4.69) is 57.9 Å². The molecule has 0 aromatic heterocycles. The van der Waals surface area contributed by atoms with E-state index in [0.717, 1.165) is 44.8 Å². The van der Waals surface area contributed by atoms with Gasteiger partial charge in [0.05, 0.1) is 6.54 Å². The summed E-state index contributed by atoms with van der Waals surface area (Å²) >= 11 is 0. The fraction of sp³-hybridized carbons (Fsp3) is 0.526. The molecule has 0 unspecified atom stereocenters. The van der Waals surface area contributed by atoms with E-state index >= 15 is 0 Å². The Morgan fingerprint density at radius 2 is 1.76 bits per heavy atom. The van der Waals surface area contributed by atoms with Crippen molar-refractivity contribution in [2.45, 2.75) is 26.9 Å². The second-order valence-electron chi connectivity index (χ2n) is 6.49. The number of hydrogen-bond donors (Lipinski definition) is 2. The minimum absolute atomic E-state index is 0. The number of piperazine rings is 1. The van der Waals surface area contributed by atoms with Crippen LogP contribution in [0.25, 0.3) is 0 Å². The first-order valence-corrected chi connectivity index (χ1v) is 8.78. The molecule has 0 amide bonds. The number of halogens is 1. The predicted octanol–water partition coefficient (Wildman–Crippen LogP) is 2.42. The number of hydrogen-bond acceptors (Lipinski definition) is 3. The maximum Gasteiger partial charge on any atom is 0.189 e. The standard InChI is InChI=1S/C19H31N5.HI/c1-4-23-9-11-24(12-10-23)15-18-8-6-5-7-17(18)14-22-19(20)21-13-16(2)3;/h5-8H,2,4,9-15H2,1,3H3,(H3,20,21,22);1H. The van der Waals surface area contributed by atoms with Gasteiger partial charge < -0.3 is 16.0 Å². The lowest BCUT2D eigenvalue weighted by Crippen LogP contribution is -2.45. The highest BCUT2D eigenvalue weighted by Gasteiger charge is 2.16. The number of aliphatic imine (C=N–C) groups is 1. The van der Waals surface area contributed by atoms with Crippen LogP contribution >= 0.6 is 24.0 Å². The molecule has 1 aromatic carbocycles. The molecule has 0 atom stereocenters. The van der Waals surface area contributed by atoms with Crippen molar-refractivity contribution >= 4 is 29.9 Å². The Bertz CT molecular complexity index is 565. The van der Waals surface area contributed by atoms with Crippen LogP contribution in [0.3, 0.4) is 0 Å². The fourth-order valence-corrected chi connectivity index (χ4v) is 2.84. The van der Waals surface area contributed by atoms with E-state index in [1.807, 2.05) is 6.92 Å². The summed E-state index contributed by atoms with van der Waals surface area (Å²) in [6.45, 7) is 16.1. The molecular formula is C19H32IN5. The van der Waals surface area contributed by atoms with Crippen molar-refractivity contribution in [3.05, 3.63) is 47.5 Å².